The van der Waals surface area contributed by atoms with E-state index in [-0.39, 0.29) is 6.03 Å². The minimum absolute atomic E-state index is 0.0259. The van der Waals surface area contributed by atoms with Crippen molar-refractivity contribution in [2.24, 2.45) is 0 Å². The van der Waals surface area contributed by atoms with Crippen LogP contribution in [-0.4, -0.2) is 53.8 Å². The minimum Gasteiger partial charge on any atom is -0.385 e. The highest BCUT2D eigenvalue weighted by atomic mass is 16.5. The van der Waals surface area contributed by atoms with E-state index in [4.69, 9.17) is 4.74 Å². The maximum atomic E-state index is 12.2. The van der Waals surface area contributed by atoms with E-state index >= 15 is 0 Å². The third kappa shape index (κ3) is 3.80. The number of imidazole rings is 1. The lowest BCUT2D eigenvalue weighted by Gasteiger charge is -2.19. The van der Waals surface area contributed by atoms with Crippen LogP contribution in [0.2, 0.25) is 0 Å². The topological polar surface area (TPSA) is 59.4 Å². The smallest absolute Gasteiger partial charge is 0.317 e. The average molecular weight is 308 g/mol. The van der Waals surface area contributed by atoms with Gasteiger partial charge in [-0.3, -0.25) is 0 Å². The molecule has 1 saturated heterocycles. The Bertz CT molecular complexity index is 498. The molecular formula is C16H28N4O2. The Morgan fingerprint density at radius 3 is 3.00 bits per heavy atom. The van der Waals surface area contributed by atoms with Gasteiger partial charge in [0.15, 0.2) is 0 Å². The van der Waals surface area contributed by atoms with Gasteiger partial charge in [0.2, 0.25) is 0 Å². The Balaban J connectivity index is 1.91. The van der Waals surface area contributed by atoms with Gasteiger partial charge in [0, 0.05) is 57.2 Å². The molecule has 1 aromatic rings. The highest BCUT2D eigenvalue weighted by molar-refractivity contribution is 5.74. The maximum Gasteiger partial charge on any atom is 0.317 e. The molecule has 1 aliphatic heterocycles. The molecule has 124 valence electrons. The lowest BCUT2D eigenvalue weighted by molar-refractivity contribution is 0.188. The van der Waals surface area contributed by atoms with Crippen molar-refractivity contribution in [3.8, 4) is 0 Å². The molecule has 1 aromatic heterocycles. The molecule has 22 heavy (non-hydrogen) atoms. The van der Waals surface area contributed by atoms with Gasteiger partial charge < -0.3 is 19.5 Å². The number of ether oxygens (including phenoxy) is 1. The van der Waals surface area contributed by atoms with E-state index in [0.29, 0.717) is 25.1 Å². The lowest BCUT2D eigenvalue weighted by atomic mass is 10.1. The molecule has 1 aliphatic rings. The number of amides is 2. The van der Waals surface area contributed by atoms with Crippen molar-refractivity contribution in [2.45, 2.75) is 45.6 Å². The summed E-state index contributed by atoms with van der Waals surface area (Å²) in [7, 11) is 1.67. The number of hydrogen-bond acceptors (Lipinski definition) is 3. The molecule has 6 heteroatoms. The molecule has 6 nitrogen and oxygen atoms in total. The molecule has 1 fully saturated rings. The molecule has 0 bridgehead atoms. The normalized spacial score (nSPS) is 18.2. The highest BCUT2D eigenvalue weighted by Gasteiger charge is 2.30. The Morgan fingerprint density at radius 2 is 2.32 bits per heavy atom. The lowest BCUT2D eigenvalue weighted by Crippen LogP contribution is -2.39. The number of likely N-dealkylation sites (tertiary alicyclic amines) is 1. The van der Waals surface area contributed by atoms with Crippen LogP contribution in [0.3, 0.4) is 0 Å². The molecule has 1 unspecified atom stereocenters. The van der Waals surface area contributed by atoms with Crippen molar-refractivity contribution in [3.63, 3.8) is 0 Å². The van der Waals surface area contributed by atoms with Crippen molar-refractivity contribution in [1.82, 2.24) is 19.8 Å². The molecule has 0 saturated carbocycles. The van der Waals surface area contributed by atoms with Gasteiger partial charge in [-0.05, 0) is 33.6 Å². The summed E-state index contributed by atoms with van der Waals surface area (Å²) < 4.78 is 7.27. The predicted octanol–water partition coefficient (Wildman–Crippen LogP) is 2.31. The number of aryl methyl sites for hydroxylation is 1. The van der Waals surface area contributed by atoms with Gasteiger partial charge in [0.05, 0.1) is 0 Å². The summed E-state index contributed by atoms with van der Waals surface area (Å²) >= 11 is 0. The largest absolute Gasteiger partial charge is 0.385 e. The van der Waals surface area contributed by atoms with E-state index in [1.54, 1.807) is 7.11 Å². The average Bonchev–Trinajstić information content (AvgIpc) is 3.09. The van der Waals surface area contributed by atoms with Crippen molar-refractivity contribution in [2.75, 3.05) is 33.4 Å². The maximum absolute atomic E-state index is 12.2. The van der Waals surface area contributed by atoms with E-state index < -0.39 is 0 Å². The quantitative estimate of drug-likeness (QED) is 0.820. The molecule has 0 spiro atoms. The summed E-state index contributed by atoms with van der Waals surface area (Å²) in [6.07, 6.45) is 3.76. The Morgan fingerprint density at radius 1 is 1.55 bits per heavy atom. The molecule has 0 aliphatic carbocycles. The van der Waals surface area contributed by atoms with Gasteiger partial charge in [-0.15, -0.1) is 0 Å². The van der Waals surface area contributed by atoms with E-state index in [0.717, 1.165) is 31.8 Å². The summed E-state index contributed by atoms with van der Waals surface area (Å²) in [5, 5.41) is 2.95. The van der Waals surface area contributed by atoms with Crippen LogP contribution in [0.5, 0.6) is 0 Å². The van der Waals surface area contributed by atoms with E-state index in [1.807, 2.05) is 11.1 Å². The molecule has 1 atom stereocenters. The van der Waals surface area contributed by atoms with E-state index in [1.165, 1.54) is 5.69 Å². The second kappa shape index (κ2) is 7.63. The Kier molecular flexibility index (Phi) is 5.83. The third-order valence-corrected chi connectivity index (χ3v) is 4.17. The van der Waals surface area contributed by atoms with Gasteiger partial charge in [0.1, 0.15) is 5.82 Å². The molecule has 0 aromatic carbocycles. The molecular weight excluding hydrogens is 280 g/mol. The predicted molar refractivity (Wildman–Crippen MR) is 86.2 cm³/mol. The summed E-state index contributed by atoms with van der Waals surface area (Å²) in [5.41, 5.74) is 1.19. The van der Waals surface area contributed by atoms with Crippen LogP contribution >= 0.6 is 0 Å². The zero-order valence-electron chi connectivity index (χ0n) is 14.1. The van der Waals surface area contributed by atoms with Crippen LogP contribution in [0.1, 0.15) is 50.2 Å². The number of methoxy groups -OCH3 is 1. The second-order valence-electron chi connectivity index (χ2n) is 6.23. The van der Waals surface area contributed by atoms with Gasteiger partial charge >= 0.3 is 6.03 Å². The molecule has 2 rings (SSSR count). The third-order valence-electron chi connectivity index (χ3n) is 4.17. The number of nitrogens with one attached hydrogen (secondary N) is 1. The van der Waals surface area contributed by atoms with Crippen LogP contribution in [0.15, 0.2) is 6.20 Å². The molecule has 2 heterocycles. The standard InChI is InChI=1S/C16H28N4O2/c1-12(2)20-13(3)10-18-15(20)14-6-8-19(11-14)16(21)17-7-5-9-22-4/h10,12,14H,5-9,11H2,1-4H3,(H,17,21). The first-order chi connectivity index (χ1) is 10.5. The van der Waals surface area contributed by atoms with Crippen LogP contribution in [0, 0.1) is 6.92 Å². The van der Waals surface area contributed by atoms with Crippen LogP contribution < -0.4 is 5.32 Å². The summed E-state index contributed by atoms with van der Waals surface area (Å²) in [6, 6.07) is 0.424. The highest BCUT2D eigenvalue weighted by Crippen LogP contribution is 2.28. The molecule has 1 N–H and O–H groups in total. The molecule has 2 amide bonds. The monoisotopic (exact) mass is 308 g/mol. The second-order valence-corrected chi connectivity index (χ2v) is 6.23. The zero-order valence-corrected chi connectivity index (χ0v) is 14.1. The van der Waals surface area contributed by atoms with Gasteiger partial charge in [-0.1, -0.05) is 0 Å². The van der Waals surface area contributed by atoms with Crippen molar-refractivity contribution in [3.05, 3.63) is 17.7 Å². The number of carbonyl (C=O) groups excluding carboxylic acids is 1. The number of carbonyl (C=O) groups is 1. The fraction of sp³-hybridized carbons (Fsp3) is 0.750. The first-order valence-corrected chi connectivity index (χ1v) is 8.10. The number of urea groups is 1. The summed E-state index contributed by atoms with van der Waals surface area (Å²) in [4.78, 5) is 18.6. The van der Waals surface area contributed by atoms with E-state index in [2.05, 4.69) is 35.6 Å². The SMILES string of the molecule is COCCCNC(=O)N1CCC(c2ncc(C)n2C(C)C)C1. The molecule has 0 radical (unpaired) electrons. The number of aromatic nitrogens is 2. The first-order valence-electron chi connectivity index (χ1n) is 8.10. The van der Waals surface area contributed by atoms with Gasteiger partial charge in [-0.2, -0.15) is 0 Å². The van der Waals surface area contributed by atoms with Crippen molar-refractivity contribution < 1.29 is 9.53 Å². The van der Waals surface area contributed by atoms with Crippen molar-refractivity contribution >= 4 is 6.03 Å². The number of rotatable bonds is 6. The van der Waals surface area contributed by atoms with Crippen LogP contribution in [0.25, 0.3) is 0 Å². The number of nitrogens with zero attached hydrogens (tertiary/aromatic N) is 3. The number of hydrogen-bond donors (Lipinski definition) is 1. The summed E-state index contributed by atoms with van der Waals surface area (Å²) in [5.74, 6) is 1.45. The van der Waals surface area contributed by atoms with E-state index in [9.17, 15) is 4.79 Å². The fourth-order valence-electron chi connectivity index (χ4n) is 3.12. The summed E-state index contributed by atoms with van der Waals surface area (Å²) in [6.45, 7) is 9.32. The van der Waals surface area contributed by atoms with Crippen LogP contribution in [-0.2, 0) is 4.74 Å². The Hall–Kier alpha value is -1.56. The zero-order chi connectivity index (χ0) is 16.1. The van der Waals surface area contributed by atoms with Gasteiger partial charge in [-0.25, -0.2) is 9.78 Å². The minimum atomic E-state index is 0.0259. The van der Waals surface area contributed by atoms with Gasteiger partial charge in [0.25, 0.3) is 0 Å². The van der Waals surface area contributed by atoms with Crippen LogP contribution in [0.4, 0.5) is 4.79 Å². The fourth-order valence-corrected chi connectivity index (χ4v) is 3.12. The Labute approximate surface area is 132 Å². The van der Waals surface area contributed by atoms with Crippen molar-refractivity contribution in [1.29, 1.82) is 0 Å². The first kappa shape index (κ1) is 16.8.